The molecule has 1 N–H and O–H groups in total. The van der Waals surface area contributed by atoms with Gasteiger partial charge in [0.05, 0.1) is 5.56 Å². The van der Waals surface area contributed by atoms with Crippen LogP contribution in [0, 0.1) is 19.8 Å². The number of rotatable bonds is 4. The smallest absolute Gasteiger partial charge is 0.167 e. The number of piperidine rings is 1. The molecule has 0 bridgehead atoms. The van der Waals surface area contributed by atoms with E-state index in [9.17, 15) is 4.79 Å². The molecule has 1 aliphatic rings. The first-order chi connectivity index (χ1) is 8.60. The molecule has 2 heterocycles. The Kier molecular flexibility index (Phi) is 4.23. The number of hydrogen-bond donors (Lipinski definition) is 1. The van der Waals surface area contributed by atoms with Gasteiger partial charge in [-0.2, -0.15) is 0 Å². The van der Waals surface area contributed by atoms with Crippen LogP contribution in [-0.4, -0.2) is 18.4 Å². The van der Waals surface area contributed by atoms with E-state index in [-0.39, 0.29) is 5.78 Å². The molecule has 18 heavy (non-hydrogen) atoms. The monoisotopic (exact) mass is 249 g/mol. The first kappa shape index (κ1) is 13.3. The summed E-state index contributed by atoms with van der Waals surface area (Å²) in [5.41, 5.74) is 0.757. The Hall–Kier alpha value is -1.09. The Morgan fingerprint density at radius 1 is 1.50 bits per heavy atom. The van der Waals surface area contributed by atoms with Gasteiger partial charge in [-0.3, -0.25) is 4.79 Å². The van der Waals surface area contributed by atoms with Gasteiger partial charge in [0.1, 0.15) is 11.5 Å². The van der Waals surface area contributed by atoms with Crippen LogP contribution in [0.1, 0.15) is 54.5 Å². The third-order valence-corrected chi connectivity index (χ3v) is 3.95. The number of carbonyl (C=O) groups is 1. The van der Waals surface area contributed by atoms with Crippen molar-refractivity contribution in [3.8, 4) is 0 Å². The van der Waals surface area contributed by atoms with Gasteiger partial charge in [-0.15, -0.1) is 0 Å². The lowest BCUT2D eigenvalue weighted by Crippen LogP contribution is -2.39. The van der Waals surface area contributed by atoms with E-state index >= 15 is 0 Å². The molecule has 1 saturated heterocycles. The maximum Gasteiger partial charge on any atom is 0.167 e. The fraction of sp³-hybridized carbons (Fsp3) is 0.667. The van der Waals surface area contributed by atoms with Crippen LogP contribution >= 0.6 is 0 Å². The first-order valence-electron chi connectivity index (χ1n) is 6.93. The summed E-state index contributed by atoms with van der Waals surface area (Å²) in [7, 11) is 0. The van der Waals surface area contributed by atoms with Gasteiger partial charge in [0, 0.05) is 12.5 Å². The van der Waals surface area contributed by atoms with Crippen molar-refractivity contribution in [2.75, 3.05) is 6.54 Å². The van der Waals surface area contributed by atoms with E-state index in [0.717, 1.165) is 36.0 Å². The molecule has 1 aliphatic heterocycles. The minimum Gasteiger partial charge on any atom is -0.466 e. The molecule has 1 fully saturated rings. The van der Waals surface area contributed by atoms with Crippen LogP contribution in [0.25, 0.3) is 0 Å². The summed E-state index contributed by atoms with van der Waals surface area (Å²) >= 11 is 0. The molecule has 0 aromatic carbocycles. The van der Waals surface area contributed by atoms with Gasteiger partial charge in [-0.1, -0.05) is 13.3 Å². The Labute approximate surface area is 109 Å². The van der Waals surface area contributed by atoms with Gasteiger partial charge in [-0.25, -0.2) is 0 Å². The Morgan fingerprint density at radius 2 is 2.28 bits per heavy atom. The van der Waals surface area contributed by atoms with Crippen LogP contribution < -0.4 is 5.32 Å². The van der Waals surface area contributed by atoms with Gasteiger partial charge in [-0.05, 0) is 45.2 Å². The predicted octanol–water partition coefficient (Wildman–Crippen LogP) is 3.25. The Morgan fingerprint density at radius 3 is 2.89 bits per heavy atom. The first-order valence-corrected chi connectivity index (χ1v) is 6.93. The molecule has 0 aliphatic carbocycles. The molecule has 3 heteroatoms. The lowest BCUT2D eigenvalue weighted by molar-refractivity contribution is 0.0955. The summed E-state index contributed by atoms with van der Waals surface area (Å²) in [4.78, 5) is 12.2. The van der Waals surface area contributed by atoms with Gasteiger partial charge in [0.25, 0.3) is 0 Å². The summed E-state index contributed by atoms with van der Waals surface area (Å²) in [6.07, 6.45) is 4.18. The number of Topliss-reactive ketones (excluding diaryl/α,β-unsaturated/α-hetero) is 1. The zero-order valence-corrected chi connectivity index (χ0v) is 11.6. The molecule has 0 saturated carbocycles. The lowest BCUT2D eigenvalue weighted by atomic mass is 9.87. The third kappa shape index (κ3) is 3.02. The van der Waals surface area contributed by atoms with E-state index < -0.39 is 0 Å². The summed E-state index contributed by atoms with van der Waals surface area (Å²) in [5, 5.41) is 3.46. The fourth-order valence-electron chi connectivity index (χ4n) is 2.86. The average molecular weight is 249 g/mol. The highest BCUT2D eigenvalue weighted by atomic mass is 16.3. The number of aryl methyl sites for hydroxylation is 2. The maximum atomic E-state index is 12.2. The van der Waals surface area contributed by atoms with Crippen molar-refractivity contribution >= 4 is 5.78 Å². The number of nitrogens with one attached hydrogen (secondary N) is 1. The predicted molar refractivity (Wildman–Crippen MR) is 71.9 cm³/mol. The highest BCUT2D eigenvalue weighted by Gasteiger charge is 2.24. The van der Waals surface area contributed by atoms with Gasteiger partial charge >= 0.3 is 0 Å². The van der Waals surface area contributed by atoms with Crippen LogP contribution in [0.15, 0.2) is 10.5 Å². The van der Waals surface area contributed by atoms with E-state index in [1.807, 2.05) is 19.9 Å². The van der Waals surface area contributed by atoms with Crippen molar-refractivity contribution in [3.63, 3.8) is 0 Å². The standard InChI is InChI=1S/C15H23NO2/c1-4-12-5-6-16-13(8-12)9-15(17)14-7-10(2)18-11(14)3/h7,12-13,16H,4-6,8-9H2,1-3H3. The normalized spacial score (nSPS) is 24.2. The van der Waals surface area contributed by atoms with Crippen LogP contribution in [0.4, 0.5) is 0 Å². The fourth-order valence-corrected chi connectivity index (χ4v) is 2.86. The molecule has 0 radical (unpaired) electrons. The Bertz CT molecular complexity index is 422. The second kappa shape index (κ2) is 5.70. The maximum absolute atomic E-state index is 12.2. The van der Waals surface area contributed by atoms with Crippen molar-refractivity contribution in [3.05, 3.63) is 23.2 Å². The van der Waals surface area contributed by atoms with E-state index in [2.05, 4.69) is 12.2 Å². The summed E-state index contributed by atoms with van der Waals surface area (Å²) in [5.74, 6) is 2.55. The van der Waals surface area contributed by atoms with Crippen LogP contribution in [-0.2, 0) is 0 Å². The Balaban J connectivity index is 1.97. The number of furan rings is 1. The molecule has 2 unspecified atom stereocenters. The summed E-state index contributed by atoms with van der Waals surface area (Å²) in [6, 6.07) is 2.20. The van der Waals surface area contributed by atoms with Gasteiger partial charge < -0.3 is 9.73 Å². The quantitative estimate of drug-likeness (QED) is 0.833. The highest BCUT2D eigenvalue weighted by Crippen LogP contribution is 2.23. The van der Waals surface area contributed by atoms with Crippen molar-refractivity contribution in [2.24, 2.45) is 5.92 Å². The molecule has 2 atom stereocenters. The topological polar surface area (TPSA) is 42.2 Å². The SMILES string of the molecule is CCC1CCNC(CC(=O)c2cc(C)oc2C)C1. The lowest BCUT2D eigenvalue weighted by Gasteiger charge is -2.29. The molecule has 0 amide bonds. The van der Waals surface area contributed by atoms with E-state index in [4.69, 9.17) is 4.42 Å². The van der Waals surface area contributed by atoms with Crippen molar-refractivity contribution < 1.29 is 9.21 Å². The second-order valence-electron chi connectivity index (χ2n) is 5.40. The number of hydrogen-bond acceptors (Lipinski definition) is 3. The van der Waals surface area contributed by atoms with Crippen molar-refractivity contribution in [2.45, 2.75) is 52.5 Å². The minimum absolute atomic E-state index is 0.207. The number of carbonyl (C=O) groups excluding carboxylic acids is 1. The van der Waals surface area contributed by atoms with E-state index in [0.29, 0.717) is 12.5 Å². The minimum atomic E-state index is 0.207. The van der Waals surface area contributed by atoms with E-state index in [1.165, 1.54) is 12.8 Å². The van der Waals surface area contributed by atoms with Crippen molar-refractivity contribution in [1.82, 2.24) is 5.32 Å². The average Bonchev–Trinajstić information content (AvgIpc) is 2.69. The summed E-state index contributed by atoms with van der Waals surface area (Å²) < 4.78 is 5.43. The van der Waals surface area contributed by atoms with E-state index in [1.54, 1.807) is 0 Å². The van der Waals surface area contributed by atoms with Crippen LogP contribution in [0.5, 0.6) is 0 Å². The molecular formula is C15H23NO2. The highest BCUT2D eigenvalue weighted by molar-refractivity contribution is 5.97. The zero-order chi connectivity index (χ0) is 13.1. The largest absolute Gasteiger partial charge is 0.466 e. The molecule has 1 aromatic heterocycles. The molecular weight excluding hydrogens is 226 g/mol. The van der Waals surface area contributed by atoms with Crippen molar-refractivity contribution in [1.29, 1.82) is 0 Å². The molecule has 1 aromatic rings. The van der Waals surface area contributed by atoms with Gasteiger partial charge in [0.2, 0.25) is 0 Å². The van der Waals surface area contributed by atoms with Crippen LogP contribution in [0.2, 0.25) is 0 Å². The van der Waals surface area contributed by atoms with Crippen LogP contribution in [0.3, 0.4) is 0 Å². The second-order valence-corrected chi connectivity index (χ2v) is 5.40. The third-order valence-electron chi connectivity index (χ3n) is 3.95. The zero-order valence-electron chi connectivity index (χ0n) is 11.6. The molecule has 2 rings (SSSR count). The summed E-state index contributed by atoms with van der Waals surface area (Å²) in [6.45, 7) is 7.03. The molecule has 0 spiro atoms. The van der Waals surface area contributed by atoms with Gasteiger partial charge in [0.15, 0.2) is 5.78 Å². The molecule has 3 nitrogen and oxygen atoms in total. The number of ketones is 1. The molecule has 100 valence electrons.